The molecule has 0 N–H and O–H groups in total. The quantitative estimate of drug-likeness (QED) is 0.786. The van der Waals surface area contributed by atoms with Crippen molar-refractivity contribution in [2.75, 3.05) is 45.8 Å². The van der Waals surface area contributed by atoms with Gasteiger partial charge >= 0.3 is 0 Å². The summed E-state index contributed by atoms with van der Waals surface area (Å²) < 4.78 is 1.39. The molecule has 5 heteroatoms. The Bertz CT molecular complexity index is 758. The summed E-state index contributed by atoms with van der Waals surface area (Å²) in [6, 6.07) is 8.70. The number of rotatable bonds is 5. The van der Waals surface area contributed by atoms with E-state index in [1.807, 2.05) is 11.3 Å². The normalized spacial score (nSPS) is 20.4. The van der Waals surface area contributed by atoms with Crippen LogP contribution in [0.15, 0.2) is 29.6 Å². The number of likely N-dealkylation sites (N-methyl/N-ethyl adjacent to an activating group) is 1. The third-order valence-electron chi connectivity index (χ3n) is 6.30. The first-order valence-corrected chi connectivity index (χ1v) is 11.3. The minimum Gasteiger partial charge on any atom is -0.340 e. The third kappa shape index (κ3) is 4.53. The lowest BCUT2D eigenvalue weighted by atomic mass is 9.92. The minimum atomic E-state index is 0.382. The SMILES string of the molecule is CCN1CCN(C(=O)CC2CCN(Cc3csc4ccccc34)CC2)CC1. The molecule has 0 unspecified atom stereocenters. The predicted molar refractivity (Wildman–Crippen MR) is 113 cm³/mol. The Morgan fingerprint density at radius 2 is 1.78 bits per heavy atom. The van der Waals surface area contributed by atoms with Crippen LogP contribution in [0.3, 0.4) is 0 Å². The van der Waals surface area contributed by atoms with Crippen molar-refractivity contribution in [1.82, 2.24) is 14.7 Å². The molecule has 0 spiro atoms. The molecule has 2 fully saturated rings. The lowest BCUT2D eigenvalue weighted by molar-refractivity contribution is -0.134. The van der Waals surface area contributed by atoms with Gasteiger partial charge in [-0.05, 0) is 60.8 Å². The number of nitrogens with zero attached hydrogens (tertiary/aromatic N) is 3. The average Bonchev–Trinajstić information content (AvgIpc) is 3.12. The molecule has 2 aliphatic rings. The second kappa shape index (κ2) is 8.72. The molecule has 4 rings (SSSR count). The van der Waals surface area contributed by atoms with Crippen LogP contribution in [0.1, 0.15) is 31.7 Å². The lowest BCUT2D eigenvalue weighted by Gasteiger charge is -2.36. The molecule has 1 amide bonds. The molecule has 146 valence electrons. The zero-order valence-corrected chi connectivity index (χ0v) is 17.2. The van der Waals surface area contributed by atoms with Gasteiger partial charge in [-0.3, -0.25) is 9.69 Å². The number of thiophene rings is 1. The number of amides is 1. The standard InChI is InChI=1S/C22H31N3OS/c1-2-23-11-13-25(14-12-23)22(26)15-18-7-9-24(10-8-18)16-19-17-27-21-6-4-3-5-20(19)21/h3-6,17-18H,2,7-16H2,1H3. The van der Waals surface area contributed by atoms with E-state index in [9.17, 15) is 4.79 Å². The maximum absolute atomic E-state index is 12.6. The highest BCUT2D eigenvalue weighted by Gasteiger charge is 2.26. The van der Waals surface area contributed by atoms with Gasteiger partial charge in [0.1, 0.15) is 0 Å². The predicted octanol–water partition coefficient (Wildman–Crippen LogP) is 3.67. The summed E-state index contributed by atoms with van der Waals surface area (Å²) >= 11 is 1.85. The van der Waals surface area contributed by atoms with Crippen LogP contribution in [0.5, 0.6) is 0 Å². The Morgan fingerprint density at radius 1 is 1.04 bits per heavy atom. The third-order valence-corrected chi connectivity index (χ3v) is 7.31. The van der Waals surface area contributed by atoms with E-state index >= 15 is 0 Å². The largest absolute Gasteiger partial charge is 0.340 e. The topological polar surface area (TPSA) is 26.8 Å². The van der Waals surface area contributed by atoms with E-state index in [2.05, 4.69) is 51.3 Å². The van der Waals surface area contributed by atoms with Gasteiger partial charge in [-0.25, -0.2) is 0 Å². The van der Waals surface area contributed by atoms with E-state index in [-0.39, 0.29) is 0 Å². The van der Waals surface area contributed by atoms with E-state index in [0.29, 0.717) is 11.8 Å². The van der Waals surface area contributed by atoms with Crippen LogP contribution in [0, 0.1) is 5.92 Å². The van der Waals surface area contributed by atoms with Gasteiger partial charge < -0.3 is 9.80 Å². The second-order valence-electron chi connectivity index (χ2n) is 8.00. The number of hydrogen-bond acceptors (Lipinski definition) is 4. The Kier molecular flexibility index (Phi) is 6.11. The van der Waals surface area contributed by atoms with Gasteiger partial charge in [0.15, 0.2) is 0 Å². The van der Waals surface area contributed by atoms with Crippen LogP contribution >= 0.6 is 11.3 Å². The number of fused-ring (bicyclic) bond motifs is 1. The van der Waals surface area contributed by atoms with Crippen molar-refractivity contribution in [1.29, 1.82) is 0 Å². The van der Waals surface area contributed by atoms with Crippen LogP contribution < -0.4 is 0 Å². The van der Waals surface area contributed by atoms with E-state index in [0.717, 1.165) is 71.6 Å². The summed E-state index contributed by atoms with van der Waals surface area (Å²) in [7, 11) is 0. The summed E-state index contributed by atoms with van der Waals surface area (Å²) in [5.41, 5.74) is 1.46. The molecule has 1 aromatic heterocycles. The van der Waals surface area contributed by atoms with Crippen molar-refractivity contribution in [3.05, 3.63) is 35.2 Å². The number of likely N-dealkylation sites (tertiary alicyclic amines) is 1. The monoisotopic (exact) mass is 385 g/mol. The highest BCUT2D eigenvalue weighted by molar-refractivity contribution is 7.17. The van der Waals surface area contributed by atoms with Crippen LogP contribution in [0.25, 0.3) is 10.1 Å². The van der Waals surface area contributed by atoms with E-state index in [4.69, 9.17) is 0 Å². The Morgan fingerprint density at radius 3 is 2.52 bits per heavy atom. The summed E-state index contributed by atoms with van der Waals surface area (Å²) in [6.45, 7) is 10.5. The van der Waals surface area contributed by atoms with Crippen LogP contribution in [0.2, 0.25) is 0 Å². The highest BCUT2D eigenvalue weighted by atomic mass is 32.1. The van der Waals surface area contributed by atoms with Gasteiger partial charge in [0.05, 0.1) is 0 Å². The van der Waals surface area contributed by atoms with Gasteiger partial charge in [0, 0.05) is 43.8 Å². The first-order valence-electron chi connectivity index (χ1n) is 10.4. The van der Waals surface area contributed by atoms with Gasteiger partial charge in [-0.15, -0.1) is 11.3 Å². The zero-order valence-electron chi connectivity index (χ0n) is 16.4. The highest BCUT2D eigenvalue weighted by Crippen LogP contribution is 2.29. The van der Waals surface area contributed by atoms with Crippen molar-refractivity contribution in [3.8, 4) is 0 Å². The van der Waals surface area contributed by atoms with E-state index < -0.39 is 0 Å². The average molecular weight is 386 g/mol. The van der Waals surface area contributed by atoms with Crippen LogP contribution in [0.4, 0.5) is 0 Å². The fourth-order valence-corrected chi connectivity index (χ4v) is 5.39. The first-order chi connectivity index (χ1) is 13.2. The van der Waals surface area contributed by atoms with Gasteiger partial charge in [0.2, 0.25) is 5.91 Å². The molecule has 0 bridgehead atoms. The minimum absolute atomic E-state index is 0.382. The van der Waals surface area contributed by atoms with Crippen molar-refractivity contribution in [2.45, 2.75) is 32.7 Å². The van der Waals surface area contributed by atoms with Crippen LogP contribution in [-0.2, 0) is 11.3 Å². The summed E-state index contributed by atoms with van der Waals surface area (Å²) in [5, 5.41) is 3.72. The summed E-state index contributed by atoms with van der Waals surface area (Å²) in [4.78, 5) is 19.7. The molecule has 2 aromatic rings. The molecular formula is C22H31N3OS. The molecule has 0 radical (unpaired) electrons. The van der Waals surface area contributed by atoms with E-state index in [1.54, 1.807) is 0 Å². The molecule has 27 heavy (non-hydrogen) atoms. The fraction of sp³-hybridized carbons (Fsp3) is 0.591. The molecule has 0 saturated carbocycles. The maximum atomic E-state index is 12.6. The van der Waals surface area contributed by atoms with Crippen LogP contribution in [-0.4, -0.2) is 66.4 Å². The number of carbonyl (C=O) groups is 1. The first kappa shape index (κ1) is 18.9. The number of piperidine rings is 1. The molecule has 0 aliphatic carbocycles. The molecule has 4 nitrogen and oxygen atoms in total. The smallest absolute Gasteiger partial charge is 0.222 e. The number of piperazine rings is 1. The summed E-state index contributed by atoms with van der Waals surface area (Å²) in [6.07, 6.45) is 3.06. The van der Waals surface area contributed by atoms with Crippen molar-refractivity contribution in [2.24, 2.45) is 5.92 Å². The lowest BCUT2D eigenvalue weighted by Crippen LogP contribution is -2.49. The molecular weight excluding hydrogens is 354 g/mol. The fourth-order valence-electron chi connectivity index (χ4n) is 4.43. The van der Waals surface area contributed by atoms with Crippen molar-refractivity contribution < 1.29 is 4.79 Å². The van der Waals surface area contributed by atoms with Crippen molar-refractivity contribution >= 4 is 27.3 Å². The Balaban J connectivity index is 1.24. The molecule has 2 aliphatic heterocycles. The molecule has 1 aromatic carbocycles. The molecule has 3 heterocycles. The molecule has 0 atom stereocenters. The Hall–Kier alpha value is -1.43. The van der Waals surface area contributed by atoms with Gasteiger partial charge in [0.25, 0.3) is 0 Å². The van der Waals surface area contributed by atoms with Crippen molar-refractivity contribution in [3.63, 3.8) is 0 Å². The zero-order chi connectivity index (χ0) is 18.6. The second-order valence-corrected chi connectivity index (χ2v) is 8.91. The Labute approximate surface area is 166 Å². The number of carbonyl (C=O) groups excluding carboxylic acids is 1. The summed E-state index contributed by atoms with van der Waals surface area (Å²) in [5.74, 6) is 0.949. The number of hydrogen-bond donors (Lipinski definition) is 0. The molecule has 2 saturated heterocycles. The number of benzene rings is 1. The van der Waals surface area contributed by atoms with E-state index in [1.165, 1.54) is 15.6 Å². The van der Waals surface area contributed by atoms with Gasteiger partial charge in [-0.2, -0.15) is 0 Å². The maximum Gasteiger partial charge on any atom is 0.222 e. The van der Waals surface area contributed by atoms with Gasteiger partial charge in [-0.1, -0.05) is 25.1 Å².